The number of nitrogens with zero attached hydrogens (tertiary/aromatic N) is 3. The van der Waals surface area contributed by atoms with Gasteiger partial charge >= 0.3 is 0 Å². The third-order valence-electron chi connectivity index (χ3n) is 4.49. The number of aromatic nitrogens is 2. The molecule has 4 rings (SSSR count). The first-order valence-electron chi connectivity index (χ1n) is 9.35. The number of hydrogen-bond donors (Lipinski definition) is 2. The van der Waals surface area contributed by atoms with Crippen LogP contribution in [0.25, 0.3) is 22.6 Å². The number of nitrogens with one attached hydrogen (secondary N) is 1. The highest BCUT2D eigenvalue weighted by atomic mass is 15.3. The number of anilines is 2. The molecule has 5 nitrogen and oxygen atoms in total. The van der Waals surface area contributed by atoms with Gasteiger partial charge in [0.2, 0.25) is 0 Å². The lowest BCUT2D eigenvalue weighted by Crippen LogP contribution is -2.03. The zero-order valence-corrected chi connectivity index (χ0v) is 16.1. The lowest BCUT2D eigenvalue weighted by atomic mass is 10.1. The number of hydrogen-bond acceptors (Lipinski definition) is 5. The molecule has 0 unspecified atom stereocenters. The summed E-state index contributed by atoms with van der Waals surface area (Å²) in [5, 5.41) is 4.50. The van der Waals surface area contributed by atoms with Crippen LogP contribution in [0.1, 0.15) is 12.5 Å². The van der Waals surface area contributed by atoms with E-state index < -0.39 is 0 Å². The molecule has 142 valence electrons. The topological polar surface area (TPSA) is 76.2 Å². The van der Waals surface area contributed by atoms with Gasteiger partial charge in [0, 0.05) is 22.9 Å². The van der Waals surface area contributed by atoms with Crippen molar-refractivity contribution in [3.05, 3.63) is 96.6 Å². The number of nitrogens with two attached hydrogens (primary N) is 1. The number of nitrogen functional groups attached to an aromatic ring is 1. The van der Waals surface area contributed by atoms with E-state index in [2.05, 4.69) is 15.5 Å². The summed E-state index contributed by atoms with van der Waals surface area (Å²) in [4.78, 5) is 9.41. The average molecular weight is 379 g/mol. The molecule has 0 saturated carbocycles. The Labute approximate surface area is 170 Å². The summed E-state index contributed by atoms with van der Waals surface area (Å²) in [5.41, 5.74) is 14.2. The lowest BCUT2D eigenvalue weighted by molar-refractivity contribution is 1.15. The van der Waals surface area contributed by atoms with Crippen molar-refractivity contribution < 1.29 is 0 Å². The van der Waals surface area contributed by atoms with Gasteiger partial charge in [0.1, 0.15) is 0 Å². The Hall–Kier alpha value is -3.99. The second-order valence-corrected chi connectivity index (χ2v) is 6.63. The van der Waals surface area contributed by atoms with Crippen LogP contribution in [0.4, 0.5) is 11.5 Å². The molecule has 0 saturated heterocycles. The van der Waals surface area contributed by atoms with Crippen LogP contribution in [0.5, 0.6) is 0 Å². The lowest BCUT2D eigenvalue weighted by Gasteiger charge is -2.09. The summed E-state index contributed by atoms with van der Waals surface area (Å²) >= 11 is 0. The summed E-state index contributed by atoms with van der Waals surface area (Å²) in [6.07, 6.45) is 0. The molecule has 4 aromatic rings. The molecule has 3 N–H and O–H groups in total. The van der Waals surface area contributed by atoms with Gasteiger partial charge < -0.3 is 5.73 Å². The smallest absolute Gasteiger partial charge is 0.162 e. The van der Waals surface area contributed by atoms with Crippen LogP contribution in [-0.2, 0) is 0 Å². The minimum Gasteiger partial charge on any atom is -0.399 e. The molecular weight excluding hydrogens is 358 g/mol. The molecule has 1 aromatic heterocycles. The van der Waals surface area contributed by atoms with Gasteiger partial charge in [-0.15, -0.1) is 0 Å². The van der Waals surface area contributed by atoms with Crippen LogP contribution in [0.3, 0.4) is 0 Å². The van der Waals surface area contributed by atoms with E-state index in [1.54, 1.807) is 0 Å². The van der Waals surface area contributed by atoms with Gasteiger partial charge in [-0.1, -0.05) is 72.8 Å². The van der Waals surface area contributed by atoms with Crippen molar-refractivity contribution >= 4 is 17.2 Å². The summed E-state index contributed by atoms with van der Waals surface area (Å²) in [7, 11) is 0. The van der Waals surface area contributed by atoms with E-state index in [1.165, 1.54) is 0 Å². The van der Waals surface area contributed by atoms with E-state index in [0.717, 1.165) is 33.8 Å². The summed E-state index contributed by atoms with van der Waals surface area (Å²) in [6.45, 7) is 1.94. The Morgan fingerprint density at radius 3 is 2.07 bits per heavy atom. The maximum atomic E-state index is 5.76. The molecule has 1 heterocycles. The predicted molar refractivity (Wildman–Crippen MR) is 120 cm³/mol. The SMILES string of the molecule is C/C(=N/Nc1cc(-c2ccccc2)nc(-c2ccccc2)n1)c1ccc(N)cc1. The average Bonchev–Trinajstić information content (AvgIpc) is 2.79. The monoisotopic (exact) mass is 379 g/mol. The molecule has 5 heteroatoms. The Morgan fingerprint density at radius 1 is 0.793 bits per heavy atom. The molecule has 0 atom stereocenters. The minimum absolute atomic E-state index is 0.632. The second kappa shape index (κ2) is 8.35. The van der Waals surface area contributed by atoms with Gasteiger partial charge in [-0.05, 0) is 24.6 Å². The van der Waals surface area contributed by atoms with Crippen LogP contribution in [-0.4, -0.2) is 15.7 Å². The molecule has 0 aliphatic carbocycles. The van der Waals surface area contributed by atoms with Gasteiger partial charge in [0.15, 0.2) is 11.6 Å². The maximum absolute atomic E-state index is 5.76. The molecule has 0 amide bonds. The fourth-order valence-corrected chi connectivity index (χ4v) is 2.91. The van der Waals surface area contributed by atoms with Crippen molar-refractivity contribution in [3.8, 4) is 22.6 Å². The first-order chi connectivity index (χ1) is 14.2. The highest BCUT2D eigenvalue weighted by Crippen LogP contribution is 2.24. The largest absolute Gasteiger partial charge is 0.399 e. The van der Waals surface area contributed by atoms with Crippen LogP contribution in [0, 0.1) is 0 Å². The van der Waals surface area contributed by atoms with Crippen molar-refractivity contribution in [2.75, 3.05) is 11.2 Å². The van der Waals surface area contributed by atoms with Crippen molar-refractivity contribution in [1.29, 1.82) is 0 Å². The fraction of sp³-hybridized carbons (Fsp3) is 0.0417. The molecule has 0 aliphatic heterocycles. The van der Waals surface area contributed by atoms with Gasteiger partial charge in [-0.3, -0.25) is 5.43 Å². The van der Waals surface area contributed by atoms with E-state index in [4.69, 9.17) is 10.7 Å². The van der Waals surface area contributed by atoms with E-state index in [9.17, 15) is 0 Å². The van der Waals surface area contributed by atoms with E-state index in [-0.39, 0.29) is 0 Å². The van der Waals surface area contributed by atoms with Crippen LogP contribution < -0.4 is 11.2 Å². The third-order valence-corrected chi connectivity index (χ3v) is 4.49. The van der Waals surface area contributed by atoms with E-state index >= 15 is 0 Å². The summed E-state index contributed by atoms with van der Waals surface area (Å²) < 4.78 is 0. The Balaban J connectivity index is 1.70. The number of hydrazone groups is 1. The summed E-state index contributed by atoms with van der Waals surface area (Å²) in [5.74, 6) is 1.28. The molecule has 0 aliphatic rings. The Bertz CT molecular complexity index is 1060. The van der Waals surface area contributed by atoms with Crippen LogP contribution in [0.2, 0.25) is 0 Å². The zero-order valence-electron chi connectivity index (χ0n) is 16.1. The second-order valence-electron chi connectivity index (χ2n) is 6.63. The molecular formula is C24H21N5. The van der Waals surface area contributed by atoms with E-state index in [1.807, 2.05) is 97.9 Å². The zero-order chi connectivity index (χ0) is 20.1. The molecule has 0 radical (unpaired) electrons. The highest BCUT2D eigenvalue weighted by Gasteiger charge is 2.08. The normalized spacial score (nSPS) is 11.3. The molecule has 0 spiro atoms. The first-order valence-corrected chi connectivity index (χ1v) is 9.35. The Morgan fingerprint density at radius 2 is 1.41 bits per heavy atom. The third kappa shape index (κ3) is 4.47. The van der Waals surface area contributed by atoms with Crippen molar-refractivity contribution in [2.24, 2.45) is 5.10 Å². The van der Waals surface area contributed by atoms with Crippen LogP contribution >= 0.6 is 0 Å². The minimum atomic E-state index is 0.632. The number of benzene rings is 3. The molecule has 0 fully saturated rings. The van der Waals surface area contributed by atoms with Gasteiger partial charge in [-0.2, -0.15) is 5.10 Å². The van der Waals surface area contributed by atoms with Crippen LogP contribution in [0.15, 0.2) is 96.1 Å². The standard InChI is InChI=1S/C24H21N5/c1-17(18-12-14-21(25)15-13-18)28-29-23-16-22(19-8-4-2-5-9-19)26-24(27-23)20-10-6-3-7-11-20/h2-16H,25H2,1H3,(H,26,27,29)/b28-17-. The molecule has 3 aromatic carbocycles. The van der Waals surface area contributed by atoms with E-state index in [0.29, 0.717) is 11.6 Å². The fourth-order valence-electron chi connectivity index (χ4n) is 2.91. The number of rotatable bonds is 5. The molecule has 29 heavy (non-hydrogen) atoms. The maximum Gasteiger partial charge on any atom is 0.162 e. The van der Waals surface area contributed by atoms with Gasteiger partial charge in [0.05, 0.1) is 11.4 Å². The van der Waals surface area contributed by atoms with Crippen molar-refractivity contribution in [3.63, 3.8) is 0 Å². The molecule has 0 bridgehead atoms. The first kappa shape index (κ1) is 18.4. The van der Waals surface area contributed by atoms with Gasteiger partial charge in [0.25, 0.3) is 0 Å². The van der Waals surface area contributed by atoms with Crippen molar-refractivity contribution in [2.45, 2.75) is 6.92 Å². The Kier molecular flexibility index (Phi) is 5.29. The highest BCUT2D eigenvalue weighted by molar-refractivity contribution is 5.99. The quantitative estimate of drug-likeness (QED) is 0.283. The van der Waals surface area contributed by atoms with Crippen molar-refractivity contribution in [1.82, 2.24) is 9.97 Å². The summed E-state index contributed by atoms with van der Waals surface area (Å²) in [6, 6.07) is 29.5. The predicted octanol–water partition coefficient (Wildman–Crippen LogP) is 5.23. The van der Waals surface area contributed by atoms with Gasteiger partial charge in [-0.25, -0.2) is 9.97 Å².